The third kappa shape index (κ3) is 27.0. The van der Waals surface area contributed by atoms with Crippen LogP contribution in [0.4, 0.5) is 9.59 Å². The number of alkyl carbamates (subject to hydrolysis) is 2. The number of phenolic OH excluding ortho intramolecular Hbond substituents is 1. The van der Waals surface area contributed by atoms with Crippen LogP contribution in [0.5, 0.6) is 5.75 Å². The molecule has 27 nitrogen and oxygen atoms in total. The number of unbranched alkanes of at least 4 members (excludes halogenated alkanes) is 1. The lowest BCUT2D eigenvalue weighted by atomic mass is 9.86. The van der Waals surface area contributed by atoms with E-state index in [9.17, 15) is 53.4 Å². The van der Waals surface area contributed by atoms with Crippen molar-refractivity contribution in [3.63, 3.8) is 0 Å². The van der Waals surface area contributed by atoms with E-state index in [-0.39, 0.29) is 56.6 Å². The molecule has 11 amide bonds. The standard InChI is InChI=1S/C68H95N11O16S2/c1-38(80)54-63(91)76-51(62(90)72-46(56(69)84)29-30-53(83)78-55(57(70)85)66(2,3)4)37-97-96-36-50(75-60(88)48(33-39-18-12-11-13-19-39)77-65(93)95-68(8,9)10)52(82)35-43(32-40-23-27-44(81)28-24-40)58(86)74-49(34-42-26-25-41-20-14-15-21-45(41)42)61(89)73-47(59(87)79-54)22-16-17-31-71-64(92)94-67(5,6)7/h11-15,18-21,23-24,26-28,38,43,46-51,54-55,80-81H,16-17,22,25,29-37H2,1-10H3,(H2,69,84)(H2,70,85)(H,71,92)(H,72,90)(H,73,89)(H,74,86)(H,75,88)(H,76,91)(H,77,93)(H,78,83)(H,79,87)/t38-,43-,46+,47+,48-,49-,50+,51+,54+,55-/m1/s1. The Bertz CT molecular complexity index is 3310. The Balaban J connectivity index is 1.62. The maximum atomic E-state index is 15.3. The molecule has 0 spiro atoms. The lowest BCUT2D eigenvalue weighted by Gasteiger charge is -2.29. The van der Waals surface area contributed by atoms with E-state index < -0.39 is 173 Å². The maximum absolute atomic E-state index is 15.3. The smallest absolute Gasteiger partial charge is 0.408 e. The highest BCUT2D eigenvalue weighted by Gasteiger charge is 2.39. The summed E-state index contributed by atoms with van der Waals surface area (Å²) in [6.45, 7) is 16.2. The molecule has 0 saturated carbocycles. The number of Topliss-reactive ketones (excluding diaryl/α,β-unsaturated/α-hetero) is 1. The van der Waals surface area contributed by atoms with Gasteiger partial charge in [-0.3, -0.25) is 47.9 Å². The summed E-state index contributed by atoms with van der Waals surface area (Å²) in [5.41, 5.74) is 12.2. The van der Waals surface area contributed by atoms with Crippen molar-refractivity contribution >= 4 is 98.3 Å². The van der Waals surface area contributed by atoms with Crippen LogP contribution in [0.1, 0.15) is 136 Å². The Morgan fingerprint density at radius 2 is 1.28 bits per heavy atom. The molecule has 0 unspecified atom stereocenters. The number of primary amides is 2. The number of hydrogen-bond acceptors (Lipinski definition) is 18. The lowest BCUT2D eigenvalue weighted by molar-refractivity contribution is -0.137. The van der Waals surface area contributed by atoms with E-state index >= 15 is 14.4 Å². The fourth-order valence-electron chi connectivity index (χ4n) is 10.5. The van der Waals surface area contributed by atoms with E-state index in [4.69, 9.17) is 20.9 Å². The number of allylic oxidation sites excluding steroid dienone is 1. The van der Waals surface area contributed by atoms with Crippen molar-refractivity contribution in [1.82, 2.24) is 47.9 Å². The van der Waals surface area contributed by atoms with E-state index in [1.807, 2.05) is 30.3 Å². The van der Waals surface area contributed by atoms with Crippen LogP contribution in [-0.4, -0.2) is 165 Å². The van der Waals surface area contributed by atoms with E-state index in [0.29, 0.717) is 23.1 Å². The summed E-state index contributed by atoms with van der Waals surface area (Å²) >= 11 is 0. The lowest BCUT2D eigenvalue weighted by Crippen LogP contribution is -2.61. The molecule has 1 heterocycles. The van der Waals surface area contributed by atoms with Gasteiger partial charge in [0.05, 0.1) is 12.1 Å². The highest BCUT2D eigenvalue weighted by Crippen LogP contribution is 2.32. The van der Waals surface area contributed by atoms with Gasteiger partial charge in [-0.1, -0.05) is 115 Å². The largest absolute Gasteiger partial charge is 0.508 e. The molecule has 3 aromatic carbocycles. The topological polar surface area (TPSA) is 424 Å². The van der Waals surface area contributed by atoms with E-state index in [1.54, 1.807) is 105 Å². The van der Waals surface area contributed by atoms with Gasteiger partial charge in [0.25, 0.3) is 0 Å². The number of aliphatic hydroxyl groups excluding tert-OH is 1. The summed E-state index contributed by atoms with van der Waals surface area (Å²) < 4.78 is 10.9. The Hall–Kier alpha value is -8.70. The van der Waals surface area contributed by atoms with Gasteiger partial charge in [0, 0.05) is 49.7 Å². The molecule has 5 rings (SSSR count). The Labute approximate surface area is 573 Å². The van der Waals surface area contributed by atoms with Gasteiger partial charge in [0.15, 0.2) is 5.78 Å². The third-order valence-electron chi connectivity index (χ3n) is 15.5. The molecule has 10 atom stereocenters. The van der Waals surface area contributed by atoms with Crippen LogP contribution < -0.4 is 59.3 Å². The first-order chi connectivity index (χ1) is 45.5. The van der Waals surface area contributed by atoms with Gasteiger partial charge in [0.2, 0.25) is 53.2 Å². The second-order valence-corrected chi connectivity index (χ2v) is 29.7. The van der Waals surface area contributed by atoms with Gasteiger partial charge in [-0.2, -0.15) is 0 Å². The normalized spacial score (nSPS) is 20.6. The van der Waals surface area contributed by atoms with Gasteiger partial charge >= 0.3 is 12.2 Å². The molecule has 3 aromatic rings. The summed E-state index contributed by atoms with van der Waals surface area (Å²) in [5, 5.41) is 45.4. The van der Waals surface area contributed by atoms with Gasteiger partial charge in [0.1, 0.15) is 59.2 Å². The fourth-order valence-corrected chi connectivity index (χ4v) is 12.8. The number of ether oxygens (including phenoxy) is 2. The van der Waals surface area contributed by atoms with Crippen molar-refractivity contribution in [3.8, 4) is 5.75 Å². The first-order valence-corrected chi connectivity index (χ1v) is 34.7. The summed E-state index contributed by atoms with van der Waals surface area (Å²) in [7, 11) is 1.82. The predicted octanol–water partition coefficient (Wildman–Crippen LogP) is 3.34. The molecule has 97 heavy (non-hydrogen) atoms. The summed E-state index contributed by atoms with van der Waals surface area (Å²) in [5.74, 6) is -11.2. The summed E-state index contributed by atoms with van der Waals surface area (Å²) in [4.78, 5) is 169. The Morgan fingerprint density at radius 3 is 1.91 bits per heavy atom. The molecular formula is C68H95N11O16S2. The van der Waals surface area contributed by atoms with Gasteiger partial charge in [-0.05, 0) is 132 Å². The first kappa shape index (κ1) is 79.0. The highest BCUT2D eigenvalue weighted by atomic mass is 33.1. The number of nitrogens with one attached hydrogen (secondary N) is 9. The number of phenols is 1. The number of carbonyl (C=O) groups is 12. The number of amides is 11. The zero-order valence-electron chi connectivity index (χ0n) is 56.6. The summed E-state index contributed by atoms with van der Waals surface area (Å²) in [6.07, 6.45) is -2.55. The molecular weight excluding hydrogens is 1290 g/mol. The Kier molecular flexibility index (Phi) is 29.8. The van der Waals surface area contributed by atoms with Crippen molar-refractivity contribution in [2.45, 2.75) is 199 Å². The van der Waals surface area contributed by atoms with E-state index in [2.05, 4.69) is 47.9 Å². The van der Waals surface area contributed by atoms with Crippen molar-refractivity contribution in [1.29, 1.82) is 0 Å². The van der Waals surface area contributed by atoms with Crippen molar-refractivity contribution < 1.29 is 77.2 Å². The second kappa shape index (κ2) is 36.6. The molecule has 2 aliphatic rings. The average Bonchev–Trinajstić information content (AvgIpc) is 1.75. The number of hydrogen-bond donors (Lipinski definition) is 13. The van der Waals surface area contributed by atoms with E-state index in [1.165, 1.54) is 19.1 Å². The fraction of sp³-hybridized carbons (Fsp3) is 0.529. The number of ketones is 1. The van der Waals surface area contributed by atoms with Crippen LogP contribution in [0, 0.1) is 11.3 Å². The predicted molar refractivity (Wildman–Crippen MR) is 366 cm³/mol. The number of aromatic hydroxyl groups is 1. The van der Waals surface area contributed by atoms with Crippen molar-refractivity contribution in [2.24, 2.45) is 22.8 Å². The quantitative estimate of drug-likeness (QED) is 0.0478. The van der Waals surface area contributed by atoms with E-state index in [0.717, 1.165) is 32.7 Å². The zero-order chi connectivity index (χ0) is 72.0. The van der Waals surface area contributed by atoms with Crippen LogP contribution in [0.3, 0.4) is 0 Å². The van der Waals surface area contributed by atoms with Crippen LogP contribution in [-0.2, 0) is 76.7 Å². The zero-order valence-corrected chi connectivity index (χ0v) is 58.3. The van der Waals surface area contributed by atoms with Crippen LogP contribution in [0.15, 0.2) is 84.9 Å². The summed E-state index contributed by atoms with van der Waals surface area (Å²) in [6, 6.07) is 9.93. The minimum atomic E-state index is -1.86. The first-order valence-electron chi connectivity index (χ1n) is 32.2. The van der Waals surface area contributed by atoms with Crippen molar-refractivity contribution in [2.75, 3.05) is 18.1 Å². The minimum Gasteiger partial charge on any atom is -0.508 e. The molecule has 15 N–H and O–H groups in total. The van der Waals surface area contributed by atoms with Crippen LogP contribution in [0.2, 0.25) is 0 Å². The molecule has 0 aromatic heterocycles. The number of fused-ring (bicyclic) bond motifs is 1. The monoisotopic (exact) mass is 1390 g/mol. The molecule has 1 fully saturated rings. The number of benzene rings is 3. The molecule has 29 heteroatoms. The number of rotatable bonds is 23. The van der Waals surface area contributed by atoms with Gasteiger partial charge in [-0.25, -0.2) is 9.59 Å². The SMILES string of the molecule is C[C@@H](O)[C@@H]1NC(=O)[C@H](CCCCNC(=O)OC(C)(C)C)NC(=O)[C@@H](CC2=CCc3ccccc32)NC(=O)[C@H](Cc2ccc(O)cc2)CC(=O)[C@@H](NC(=O)[C@@H](Cc2ccccc2)NC(=O)OC(C)(C)C)CSSC[C@@H](C(=O)N[C@@H](CCC(=O)N[C@H](C(N)=O)C(C)(C)C)C(N)=O)NC1=O. The molecule has 0 radical (unpaired) electrons. The number of carbonyl (C=O) groups excluding carboxylic acids is 12. The number of aliphatic hydroxyl groups is 1. The number of nitrogens with two attached hydrogens (primary N) is 2. The van der Waals surface area contributed by atoms with Crippen LogP contribution >= 0.6 is 21.6 Å². The third-order valence-corrected chi connectivity index (χ3v) is 17.9. The minimum absolute atomic E-state index is 0.0710. The maximum Gasteiger partial charge on any atom is 0.408 e. The van der Waals surface area contributed by atoms with Gasteiger partial charge in [-0.15, -0.1) is 0 Å². The highest BCUT2D eigenvalue weighted by molar-refractivity contribution is 8.76. The average molecular weight is 1390 g/mol. The van der Waals surface area contributed by atoms with Crippen LogP contribution in [0.25, 0.3) is 5.57 Å². The molecule has 1 saturated heterocycles. The van der Waals surface area contributed by atoms with Crippen molar-refractivity contribution in [3.05, 3.63) is 107 Å². The van der Waals surface area contributed by atoms with Gasteiger partial charge < -0.3 is 79.0 Å². The molecule has 1 aliphatic heterocycles. The molecule has 1 aliphatic carbocycles. The Morgan fingerprint density at radius 1 is 0.660 bits per heavy atom. The molecule has 0 bridgehead atoms. The second-order valence-electron chi connectivity index (χ2n) is 27.2. The molecule has 530 valence electrons.